The maximum absolute atomic E-state index is 12.2. The van der Waals surface area contributed by atoms with Crippen LogP contribution in [0.15, 0.2) is 18.2 Å². The highest BCUT2D eigenvalue weighted by Gasteiger charge is 2.21. The van der Waals surface area contributed by atoms with Gasteiger partial charge in [0, 0.05) is 17.9 Å². The molecule has 0 spiro atoms. The average Bonchev–Trinajstić information content (AvgIpc) is 2.44. The van der Waals surface area contributed by atoms with Crippen molar-refractivity contribution in [2.75, 3.05) is 19.0 Å². The van der Waals surface area contributed by atoms with Gasteiger partial charge in [-0.05, 0) is 17.9 Å². The van der Waals surface area contributed by atoms with Gasteiger partial charge >= 0.3 is 0 Å². The fraction of sp³-hybridized carbons (Fsp3) is 0.500. The van der Waals surface area contributed by atoms with E-state index in [-0.39, 0.29) is 28.3 Å². The third kappa shape index (κ3) is 5.00. The third-order valence-electron chi connectivity index (χ3n) is 3.14. The minimum atomic E-state index is -0.524. The van der Waals surface area contributed by atoms with Gasteiger partial charge in [-0.2, -0.15) is 0 Å². The summed E-state index contributed by atoms with van der Waals surface area (Å²) in [5.74, 6) is -0.107. The molecule has 0 atom stereocenters. The van der Waals surface area contributed by atoms with Gasteiger partial charge in [-0.25, -0.2) is 0 Å². The molecule has 0 heterocycles. The van der Waals surface area contributed by atoms with Crippen LogP contribution in [0.2, 0.25) is 0 Å². The van der Waals surface area contributed by atoms with E-state index in [0.29, 0.717) is 6.54 Å². The lowest BCUT2D eigenvalue weighted by Gasteiger charge is -2.24. The Kier molecular flexibility index (Phi) is 6.14. The van der Waals surface area contributed by atoms with Gasteiger partial charge in [-0.3, -0.25) is 14.9 Å². The minimum absolute atomic E-state index is 0.0346. The smallest absolute Gasteiger partial charge is 0.273 e. The van der Waals surface area contributed by atoms with Gasteiger partial charge in [-0.15, -0.1) is 0 Å². The molecule has 6 nitrogen and oxygen atoms in total. The maximum atomic E-state index is 12.2. The number of hydrogen-bond acceptors (Lipinski definition) is 4. The molecule has 0 radical (unpaired) electrons. The standard InChI is InChI=1S/C14H19BrN2O4/c1-14(2,6-7-15)9-16-13(18)11-5-4-10(17(19)20)8-12(11)21-3/h4-5,8H,6-7,9H2,1-3H3,(H,16,18). The van der Waals surface area contributed by atoms with E-state index in [9.17, 15) is 14.9 Å². The number of alkyl halides is 1. The van der Waals surface area contributed by atoms with Crippen LogP contribution < -0.4 is 10.1 Å². The van der Waals surface area contributed by atoms with E-state index in [0.717, 1.165) is 11.8 Å². The van der Waals surface area contributed by atoms with Gasteiger partial charge in [0.2, 0.25) is 0 Å². The van der Waals surface area contributed by atoms with Crippen molar-refractivity contribution in [3.05, 3.63) is 33.9 Å². The van der Waals surface area contributed by atoms with E-state index in [1.54, 1.807) is 0 Å². The monoisotopic (exact) mass is 358 g/mol. The summed E-state index contributed by atoms with van der Waals surface area (Å²) in [6.07, 6.45) is 0.921. The maximum Gasteiger partial charge on any atom is 0.273 e. The van der Waals surface area contributed by atoms with E-state index in [2.05, 4.69) is 35.1 Å². The molecule has 0 aliphatic carbocycles. The minimum Gasteiger partial charge on any atom is -0.496 e. The summed E-state index contributed by atoms with van der Waals surface area (Å²) < 4.78 is 5.06. The third-order valence-corrected chi connectivity index (χ3v) is 3.54. The highest BCUT2D eigenvalue weighted by molar-refractivity contribution is 9.09. The van der Waals surface area contributed by atoms with Crippen LogP contribution in [-0.4, -0.2) is 29.8 Å². The predicted molar refractivity (Wildman–Crippen MR) is 84.2 cm³/mol. The van der Waals surface area contributed by atoms with Crippen LogP contribution >= 0.6 is 15.9 Å². The Hall–Kier alpha value is -1.63. The molecule has 1 aromatic rings. The number of ether oxygens (including phenoxy) is 1. The second-order valence-corrected chi connectivity index (χ2v) is 6.22. The molecule has 0 bridgehead atoms. The zero-order valence-corrected chi connectivity index (χ0v) is 13.9. The Morgan fingerprint density at radius 2 is 2.14 bits per heavy atom. The van der Waals surface area contributed by atoms with Gasteiger partial charge in [0.25, 0.3) is 11.6 Å². The number of methoxy groups -OCH3 is 1. The topological polar surface area (TPSA) is 81.5 Å². The quantitative estimate of drug-likeness (QED) is 0.461. The number of benzene rings is 1. The number of nitrogens with zero attached hydrogens (tertiary/aromatic N) is 1. The predicted octanol–water partition coefficient (Wildman–Crippen LogP) is 3.14. The second-order valence-electron chi connectivity index (χ2n) is 5.43. The lowest BCUT2D eigenvalue weighted by Crippen LogP contribution is -2.34. The first-order chi connectivity index (χ1) is 9.80. The first-order valence-corrected chi connectivity index (χ1v) is 7.59. The number of amides is 1. The number of carbonyl (C=O) groups is 1. The molecule has 7 heteroatoms. The largest absolute Gasteiger partial charge is 0.496 e. The summed E-state index contributed by atoms with van der Waals surface area (Å²) >= 11 is 3.38. The van der Waals surface area contributed by atoms with Crippen molar-refractivity contribution < 1.29 is 14.5 Å². The summed E-state index contributed by atoms with van der Waals surface area (Å²) in [6.45, 7) is 4.63. The molecular formula is C14H19BrN2O4. The number of hydrogen-bond donors (Lipinski definition) is 1. The molecule has 0 aliphatic rings. The zero-order chi connectivity index (χ0) is 16.0. The molecule has 0 aromatic heterocycles. The van der Waals surface area contributed by atoms with E-state index in [1.807, 2.05) is 0 Å². The number of nitrogens with one attached hydrogen (secondary N) is 1. The number of halogens is 1. The van der Waals surface area contributed by atoms with Crippen LogP contribution in [0, 0.1) is 15.5 Å². The van der Waals surface area contributed by atoms with E-state index in [4.69, 9.17) is 4.74 Å². The molecule has 0 unspecified atom stereocenters. The van der Waals surface area contributed by atoms with E-state index in [1.165, 1.54) is 25.3 Å². The fourth-order valence-corrected chi connectivity index (χ4v) is 2.81. The summed E-state index contributed by atoms with van der Waals surface area (Å²) in [6, 6.07) is 3.95. The second kappa shape index (κ2) is 7.40. The van der Waals surface area contributed by atoms with Crippen molar-refractivity contribution in [1.82, 2.24) is 5.32 Å². The Labute approximate surface area is 132 Å². The Bertz CT molecular complexity index is 532. The number of nitro benzene ring substituents is 1. The van der Waals surface area contributed by atoms with Gasteiger partial charge < -0.3 is 10.1 Å². The van der Waals surface area contributed by atoms with Crippen LogP contribution in [0.1, 0.15) is 30.6 Å². The van der Waals surface area contributed by atoms with Crippen LogP contribution in [0.25, 0.3) is 0 Å². The van der Waals surface area contributed by atoms with Gasteiger partial charge in [-0.1, -0.05) is 29.8 Å². The van der Waals surface area contributed by atoms with Crippen LogP contribution in [0.5, 0.6) is 5.75 Å². The fourth-order valence-electron chi connectivity index (χ4n) is 1.74. The summed E-state index contributed by atoms with van der Waals surface area (Å²) in [7, 11) is 1.38. The lowest BCUT2D eigenvalue weighted by molar-refractivity contribution is -0.384. The van der Waals surface area contributed by atoms with Gasteiger partial charge in [0.1, 0.15) is 5.75 Å². The van der Waals surface area contributed by atoms with Crippen LogP contribution in [0.4, 0.5) is 5.69 Å². The molecule has 1 rings (SSSR count). The molecule has 0 aliphatic heterocycles. The highest BCUT2D eigenvalue weighted by atomic mass is 79.9. The number of non-ortho nitro benzene ring substituents is 1. The van der Waals surface area contributed by atoms with E-state index >= 15 is 0 Å². The molecule has 0 saturated carbocycles. The van der Waals surface area contributed by atoms with Crippen molar-refractivity contribution in [3.63, 3.8) is 0 Å². The first-order valence-electron chi connectivity index (χ1n) is 6.47. The molecule has 1 aromatic carbocycles. The Morgan fingerprint density at radius 1 is 1.48 bits per heavy atom. The van der Waals surface area contributed by atoms with Crippen LogP contribution in [-0.2, 0) is 0 Å². The van der Waals surface area contributed by atoms with Gasteiger partial charge in [0.05, 0.1) is 23.7 Å². The molecule has 1 N–H and O–H groups in total. The van der Waals surface area contributed by atoms with Crippen molar-refractivity contribution in [3.8, 4) is 5.75 Å². The normalized spacial score (nSPS) is 11.0. The number of carbonyl (C=O) groups excluding carboxylic acids is 1. The lowest BCUT2D eigenvalue weighted by atomic mass is 9.90. The van der Waals surface area contributed by atoms with Crippen LogP contribution in [0.3, 0.4) is 0 Å². The Morgan fingerprint density at radius 3 is 2.67 bits per heavy atom. The number of rotatable bonds is 7. The molecule has 0 saturated heterocycles. The summed E-state index contributed by atoms with van der Waals surface area (Å²) in [4.78, 5) is 22.4. The van der Waals surface area contributed by atoms with Crippen molar-refractivity contribution in [2.45, 2.75) is 20.3 Å². The van der Waals surface area contributed by atoms with E-state index < -0.39 is 4.92 Å². The summed E-state index contributed by atoms with van der Waals surface area (Å²) in [5.41, 5.74) is 0.147. The average molecular weight is 359 g/mol. The van der Waals surface area contributed by atoms with Crippen molar-refractivity contribution in [2.24, 2.45) is 5.41 Å². The molecule has 0 fully saturated rings. The first kappa shape index (κ1) is 17.4. The van der Waals surface area contributed by atoms with Gasteiger partial charge in [0.15, 0.2) is 0 Å². The van der Waals surface area contributed by atoms with Crippen molar-refractivity contribution in [1.29, 1.82) is 0 Å². The highest BCUT2D eigenvalue weighted by Crippen LogP contribution is 2.25. The SMILES string of the molecule is COc1cc([N+](=O)[O-])ccc1C(=O)NCC(C)(C)CCBr. The number of nitro groups is 1. The summed E-state index contributed by atoms with van der Waals surface area (Å²) in [5, 5.41) is 14.4. The Balaban J connectivity index is 2.85. The zero-order valence-electron chi connectivity index (χ0n) is 12.3. The van der Waals surface area contributed by atoms with Crippen molar-refractivity contribution >= 4 is 27.5 Å². The molecule has 1 amide bonds. The molecule has 21 heavy (non-hydrogen) atoms. The molecular weight excluding hydrogens is 340 g/mol. The molecule has 116 valence electrons.